The molecule has 5 rings (SSSR count). The van der Waals surface area contributed by atoms with Crippen molar-refractivity contribution < 1.29 is 0 Å². The SMILES string of the molecule is CNCCN(C)C1=NC(c2ccnc(Nc3nccc4ccccc34)c2)N=CCNCC(C2CC2)=C1. The average Bonchev–Trinajstić information content (AvgIpc) is 3.76. The van der Waals surface area contributed by atoms with Crippen molar-refractivity contribution in [1.82, 2.24) is 25.5 Å². The largest absolute Gasteiger partial charge is 0.359 e. The molecule has 0 spiro atoms. The summed E-state index contributed by atoms with van der Waals surface area (Å²) in [5, 5.41) is 12.4. The van der Waals surface area contributed by atoms with Crippen molar-refractivity contribution in [2.45, 2.75) is 19.0 Å². The maximum absolute atomic E-state index is 5.16. The second-order valence-corrected chi connectivity index (χ2v) is 9.32. The van der Waals surface area contributed by atoms with E-state index in [-0.39, 0.29) is 6.17 Å². The molecule has 1 atom stereocenters. The van der Waals surface area contributed by atoms with E-state index in [9.17, 15) is 0 Å². The number of nitrogens with one attached hydrogen (secondary N) is 3. The van der Waals surface area contributed by atoms with Gasteiger partial charge in [-0.2, -0.15) is 0 Å². The Balaban J connectivity index is 1.47. The van der Waals surface area contributed by atoms with Crippen LogP contribution in [-0.2, 0) is 0 Å². The molecule has 1 aliphatic carbocycles. The normalized spacial score (nSPS) is 18.4. The molecule has 0 bridgehead atoms. The van der Waals surface area contributed by atoms with E-state index in [2.05, 4.69) is 56.1 Å². The number of hydrogen-bond donors (Lipinski definition) is 3. The highest BCUT2D eigenvalue weighted by atomic mass is 15.2. The molecule has 8 heteroatoms. The third kappa shape index (κ3) is 5.95. The van der Waals surface area contributed by atoms with Crippen molar-refractivity contribution in [3.63, 3.8) is 0 Å². The zero-order chi connectivity index (χ0) is 24.7. The van der Waals surface area contributed by atoms with Crippen molar-refractivity contribution in [1.29, 1.82) is 0 Å². The lowest BCUT2D eigenvalue weighted by Crippen LogP contribution is -2.33. The van der Waals surface area contributed by atoms with Crippen LogP contribution in [0.3, 0.4) is 0 Å². The summed E-state index contributed by atoms with van der Waals surface area (Å²) < 4.78 is 0. The van der Waals surface area contributed by atoms with Crippen LogP contribution in [0.1, 0.15) is 24.6 Å². The number of nitrogens with zero attached hydrogens (tertiary/aromatic N) is 5. The molecule has 1 fully saturated rings. The number of aromatic nitrogens is 2. The second kappa shape index (κ2) is 11.4. The van der Waals surface area contributed by atoms with Crippen LogP contribution < -0.4 is 16.0 Å². The number of fused-ring (bicyclic) bond motifs is 1. The predicted molar refractivity (Wildman–Crippen MR) is 148 cm³/mol. The number of benzene rings is 1. The van der Waals surface area contributed by atoms with E-state index in [0.717, 1.165) is 60.0 Å². The Hall–Kier alpha value is -3.62. The monoisotopic (exact) mass is 482 g/mol. The van der Waals surface area contributed by atoms with Gasteiger partial charge in [0.1, 0.15) is 17.5 Å². The second-order valence-electron chi connectivity index (χ2n) is 9.32. The van der Waals surface area contributed by atoms with E-state index >= 15 is 0 Å². The fraction of sp³-hybridized carbons (Fsp3) is 0.357. The Kier molecular flexibility index (Phi) is 7.64. The van der Waals surface area contributed by atoms with Crippen LogP contribution in [0.5, 0.6) is 0 Å². The molecular formula is C28H34N8. The lowest BCUT2D eigenvalue weighted by molar-refractivity contribution is 0.491. The van der Waals surface area contributed by atoms with Gasteiger partial charge in [-0.05, 0) is 61.0 Å². The molecule has 1 unspecified atom stereocenters. The van der Waals surface area contributed by atoms with Crippen LogP contribution in [0.4, 0.5) is 11.6 Å². The number of likely N-dealkylation sites (N-methyl/N-ethyl adjacent to an activating group) is 2. The maximum Gasteiger partial charge on any atom is 0.167 e. The fourth-order valence-electron chi connectivity index (χ4n) is 4.34. The molecule has 3 heterocycles. The summed E-state index contributed by atoms with van der Waals surface area (Å²) in [4.78, 5) is 21.3. The summed E-state index contributed by atoms with van der Waals surface area (Å²) >= 11 is 0. The zero-order valence-electron chi connectivity index (χ0n) is 21.0. The molecule has 0 radical (unpaired) electrons. The van der Waals surface area contributed by atoms with Gasteiger partial charge in [0.25, 0.3) is 0 Å². The quantitative estimate of drug-likeness (QED) is 0.473. The third-order valence-corrected chi connectivity index (χ3v) is 6.57. The van der Waals surface area contributed by atoms with Crippen LogP contribution in [0.2, 0.25) is 0 Å². The molecule has 2 aliphatic rings. The van der Waals surface area contributed by atoms with Crippen LogP contribution >= 0.6 is 0 Å². The number of hydrogen-bond acceptors (Lipinski definition) is 8. The first-order chi connectivity index (χ1) is 17.7. The fourth-order valence-corrected chi connectivity index (χ4v) is 4.34. The number of aliphatic imine (C=N–C) groups is 2. The minimum absolute atomic E-state index is 0.363. The molecule has 8 nitrogen and oxygen atoms in total. The molecule has 2 aromatic heterocycles. The van der Waals surface area contributed by atoms with Crippen LogP contribution in [-0.4, -0.2) is 67.2 Å². The summed E-state index contributed by atoms with van der Waals surface area (Å²) in [5.41, 5.74) is 2.41. The summed E-state index contributed by atoms with van der Waals surface area (Å²) in [5.74, 6) is 3.13. The molecule has 186 valence electrons. The summed E-state index contributed by atoms with van der Waals surface area (Å²) in [6, 6.07) is 14.2. The standard InChI is InChI=1S/C28H34N8/c1-29-15-16-36(2)26-18-23(20-7-8-20)19-30-13-14-33-27(35-26)22-10-11-31-25(17-22)34-28-24-6-4-3-5-21(24)9-12-32-28/h3-6,9-12,14,17-18,20,27,29-30H,7-8,13,15-16,19H2,1-2H3,(H,31,32,34). The molecule has 0 amide bonds. The van der Waals surface area contributed by atoms with E-state index in [4.69, 9.17) is 9.98 Å². The molecule has 0 saturated heterocycles. The number of anilines is 2. The Morgan fingerprint density at radius 3 is 2.81 bits per heavy atom. The molecular weight excluding hydrogens is 448 g/mol. The van der Waals surface area contributed by atoms with Gasteiger partial charge in [0, 0.05) is 62.8 Å². The first kappa shape index (κ1) is 24.1. The summed E-state index contributed by atoms with van der Waals surface area (Å²) in [6.07, 6.45) is 10.00. The first-order valence-corrected chi connectivity index (χ1v) is 12.6. The van der Waals surface area contributed by atoms with E-state index in [1.165, 1.54) is 18.4 Å². The Bertz CT molecular complexity index is 1270. The number of pyridine rings is 2. The molecule has 36 heavy (non-hydrogen) atoms. The molecule has 3 aromatic rings. The lowest BCUT2D eigenvalue weighted by Gasteiger charge is -2.23. The smallest absolute Gasteiger partial charge is 0.167 e. The van der Waals surface area contributed by atoms with Crippen LogP contribution in [0, 0.1) is 5.92 Å². The van der Waals surface area contributed by atoms with Crippen LogP contribution in [0.25, 0.3) is 10.8 Å². The van der Waals surface area contributed by atoms with Crippen molar-refractivity contribution >= 4 is 34.5 Å². The van der Waals surface area contributed by atoms with E-state index < -0.39 is 0 Å². The third-order valence-electron chi connectivity index (χ3n) is 6.57. The van der Waals surface area contributed by atoms with Gasteiger partial charge in [0.05, 0.1) is 0 Å². The van der Waals surface area contributed by atoms with Crippen molar-refractivity contribution in [2.75, 3.05) is 45.6 Å². The highest BCUT2D eigenvalue weighted by Gasteiger charge is 2.26. The van der Waals surface area contributed by atoms with E-state index in [1.54, 1.807) is 6.20 Å². The van der Waals surface area contributed by atoms with Gasteiger partial charge in [0.2, 0.25) is 0 Å². The van der Waals surface area contributed by atoms with Gasteiger partial charge >= 0.3 is 0 Å². The summed E-state index contributed by atoms with van der Waals surface area (Å²) in [7, 11) is 4.07. The van der Waals surface area contributed by atoms with Crippen molar-refractivity contribution in [2.24, 2.45) is 15.9 Å². The maximum atomic E-state index is 5.16. The van der Waals surface area contributed by atoms with E-state index in [1.807, 2.05) is 49.8 Å². The Labute approximate surface area is 212 Å². The lowest BCUT2D eigenvalue weighted by atomic mass is 10.1. The highest BCUT2D eigenvalue weighted by Crippen LogP contribution is 2.36. The first-order valence-electron chi connectivity index (χ1n) is 12.6. The minimum atomic E-state index is -0.363. The molecule has 1 aliphatic heterocycles. The van der Waals surface area contributed by atoms with Gasteiger partial charge in [-0.15, -0.1) is 0 Å². The van der Waals surface area contributed by atoms with Crippen molar-refractivity contribution in [3.05, 3.63) is 72.1 Å². The van der Waals surface area contributed by atoms with Gasteiger partial charge in [-0.1, -0.05) is 24.3 Å². The zero-order valence-corrected chi connectivity index (χ0v) is 21.0. The van der Waals surface area contributed by atoms with Gasteiger partial charge in [-0.3, -0.25) is 4.99 Å². The molecule has 1 aromatic carbocycles. The van der Waals surface area contributed by atoms with Crippen LogP contribution in [0.15, 0.2) is 76.5 Å². The molecule has 1 saturated carbocycles. The van der Waals surface area contributed by atoms with Crippen molar-refractivity contribution in [3.8, 4) is 0 Å². The average molecular weight is 483 g/mol. The number of amidine groups is 1. The highest BCUT2D eigenvalue weighted by molar-refractivity contribution is 5.94. The topological polar surface area (TPSA) is 89.8 Å². The van der Waals surface area contributed by atoms with E-state index in [0.29, 0.717) is 5.92 Å². The Morgan fingerprint density at radius 2 is 1.94 bits per heavy atom. The predicted octanol–water partition coefficient (Wildman–Crippen LogP) is 3.93. The van der Waals surface area contributed by atoms with Gasteiger partial charge in [0.15, 0.2) is 6.17 Å². The Morgan fingerprint density at radius 1 is 1.08 bits per heavy atom. The summed E-state index contributed by atoms with van der Waals surface area (Å²) in [6.45, 7) is 3.35. The van der Waals surface area contributed by atoms with Gasteiger partial charge in [-0.25, -0.2) is 15.0 Å². The van der Waals surface area contributed by atoms with Gasteiger partial charge < -0.3 is 20.9 Å². The molecule has 3 N–H and O–H groups in total. The number of rotatable bonds is 7. The minimum Gasteiger partial charge on any atom is -0.359 e.